The van der Waals surface area contributed by atoms with Gasteiger partial charge in [0.1, 0.15) is 5.15 Å². The van der Waals surface area contributed by atoms with Gasteiger partial charge >= 0.3 is 29.6 Å². The summed E-state index contributed by atoms with van der Waals surface area (Å²) in [5.74, 6) is -0.783. The van der Waals surface area contributed by atoms with Crippen molar-refractivity contribution in [2.75, 3.05) is 18.0 Å². The molecule has 1 saturated heterocycles. The molecule has 0 spiro atoms. The zero-order chi connectivity index (χ0) is 10.8. The smallest absolute Gasteiger partial charge is 0.550 e. The van der Waals surface area contributed by atoms with Gasteiger partial charge in [-0.15, -0.1) is 0 Å². The normalized spacial score (nSPS) is 15.2. The minimum Gasteiger partial charge on any atom is -0.550 e. The number of hydrogen-bond acceptors (Lipinski definition) is 4. The van der Waals surface area contributed by atoms with Crippen molar-refractivity contribution < 1.29 is 39.5 Å². The van der Waals surface area contributed by atoms with Crippen LogP contribution in [0.15, 0.2) is 18.3 Å². The van der Waals surface area contributed by atoms with Gasteiger partial charge in [0.2, 0.25) is 0 Å². The number of pyridine rings is 1. The Morgan fingerprint density at radius 1 is 1.62 bits per heavy atom. The number of aromatic nitrogens is 1. The number of anilines is 1. The van der Waals surface area contributed by atoms with Crippen LogP contribution in [0.25, 0.3) is 0 Å². The first-order valence-electron chi connectivity index (χ1n) is 4.71. The van der Waals surface area contributed by atoms with Crippen LogP contribution in [0.2, 0.25) is 5.15 Å². The van der Waals surface area contributed by atoms with Crippen molar-refractivity contribution >= 4 is 23.3 Å². The summed E-state index contributed by atoms with van der Waals surface area (Å²) < 4.78 is 0. The van der Waals surface area contributed by atoms with Crippen molar-refractivity contribution in [2.24, 2.45) is 5.92 Å². The molecule has 0 N–H and O–H groups in total. The van der Waals surface area contributed by atoms with Gasteiger partial charge in [-0.2, -0.15) is 0 Å². The molecule has 1 aromatic rings. The predicted octanol–water partition coefficient (Wildman–Crippen LogP) is -2.68. The maximum absolute atomic E-state index is 10.3. The third-order valence-corrected chi connectivity index (χ3v) is 2.69. The molecule has 2 rings (SSSR count). The number of carboxylic acids is 1. The van der Waals surface area contributed by atoms with E-state index in [9.17, 15) is 9.90 Å². The standard InChI is InChI=1S/C10H11ClN2O2.Na/c11-9-4-8(1-2-12-9)13-5-7(6-13)3-10(14)15;/h1-2,4,7H,3,5-6H2,(H,14,15);/q;+1/p-1. The van der Waals surface area contributed by atoms with Gasteiger partial charge in [-0.1, -0.05) is 11.6 Å². The van der Waals surface area contributed by atoms with E-state index in [1.54, 1.807) is 12.3 Å². The Morgan fingerprint density at radius 2 is 2.31 bits per heavy atom. The summed E-state index contributed by atoms with van der Waals surface area (Å²) in [6, 6.07) is 3.64. The quantitative estimate of drug-likeness (QED) is 0.432. The van der Waals surface area contributed by atoms with Crippen molar-refractivity contribution in [1.82, 2.24) is 4.98 Å². The van der Waals surface area contributed by atoms with E-state index in [2.05, 4.69) is 9.88 Å². The van der Waals surface area contributed by atoms with Crippen LogP contribution in [0.5, 0.6) is 0 Å². The van der Waals surface area contributed by atoms with Gasteiger partial charge in [-0.3, -0.25) is 0 Å². The van der Waals surface area contributed by atoms with Crippen molar-refractivity contribution in [2.45, 2.75) is 6.42 Å². The fourth-order valence-corrected chi connectivity index (χ4v) is 1.90. The number of rotatable bonds is 3. The molecule has 0 radical (unpaired) electrons. The SMILES string of the molecule is O=C([O-])CC1CN(c2ccnc(Cl)c2)C1.[Na+]. The van der Waals surface area contributed by atoms with Gasteiger partial charge in [-0.05, 0) is 24.5 Å². The molecule has 16 heavy (non-hydrogen) atoms. The van der Waals surface area contributed by atoms with Gasteiger partial charge < -0.3 is 14.8 Å². The largest absolute Gasteiger partial charge is 1.00 e. The molecule has 80 valence electrons. The first-order valence-corrected chi connectivity index (χ1v) is 5.09. The van der Waals surface area contributed by atoms with Gasteiger partial charge in [0.15, 0.2) is 0 Å². The molecule has 1 aliphatic rings. The molecule has 0 unspecified atom stereocenters. The molecule has 0 aliphatic carbocycles. The summed E-state index contributed by atoms with van der Waals surface area (Å²) in [6.07, 6.45) is 1.78. The molecule has 0 aromatic carbocycles. The molecule has 4 nitrogen and oxygen atoms in total. The van der Waals surface area contributed by atoms with Crippen LogP contribution in [0.1, 0.15) is 6.42 Å². The first-order chi connectivity index (χ1) is 7.15. The van der Waals surface area contributed by atoms with Gasteiger partial charge in [0, 0.05) is 30.9 Å². The van der Waals surface area contributed by atoms with Gasteiger partial charge in [-0.25, -0.2) is 4.98 Å². The van der Waals surface area contributed by atoms with Crippen molar-refractivity contribution in [3.8, 4) is 0 Å². The van der Waals surface area contributed by atoms with Crippen LogP contribution < -0.4 is 39.6 Å². The number of carbonyl (C=O) groups is 1. The Bertz CT molecular complexity index is 383. The third kappa shape index (κ3) is 3.35. The van der Waals surface area contributed by atoms with E-state index in [4.69, 9.17) is 11.6 Å². The molecule has 1 aliphatic heterocycles. The summed E-state index contributed by atoms with van der Waals surface area (Å²) in [5, 5.41) is 10.8. The van der Waals surface area contributed by atoms with Crippen molar-refractivity contribution in [3.05, 3.63) is 23.5 Å². The minimum atomic E-state index is -0.979. The zero-order valence-corrected chi connectivity index (χ0v) is 11.8. The van der Waals surface area contributed by atoms with Crippen LogP contribution >= 0.6 is 11.6 Å². The Labute approximate surface area is 121 Å². The Kier molecular flexibility index (Phi) is 5.05. The maximum atomic E-state index is 10.3. The number of hydrogen-bond donors (Lipinski definition) is 0. The molecule has 0 bridgehead atoms. The third-order valence-electron chi connectivity index (χ3n) is 2.49. The maximum Gasteiger partial charge on any atom is 1.00 e. The van der Waals surface area contributed by atoms with E-state index in [1.807, 2.05) is 6.07 Å². The molecule has 1 aromatic heterocycles. The average molecular weight is 249 g/mol. The molecule has 0 atom stereocenters. The Balaban J connectivity index is 0.00000128. The Morgan fingerprint density at radius 3 is 2.88 bits per heavy atom. The van der Waals surface area contributed by atoms with Gasteiger partial charge in [0.05, 0.1) is 0 Å². The average Bonchev–Trinajstić information content (AvgIpc) is 2.10. The number of aliphatic carboxylic acids is 1. The molecule has 2 heterocycles. The van der Waals surface area contributed by atoms with E-state index in [0.717, 1.165) is 18.8 Å². The van der Waals surface area contributed by atoms with Crippen LogP contribution in [-0.2, 0) is 4.79 Å². The van der Waals surface area contributed by atoms with Crippen LogP contribution in [0, 0.1) is 5.92 Å². The molecule has 1 fully saturated rings. The Hall–Kier alpha value is -0.290. The monoisotopic (exact) mass is 248 g/mol. The van der Waals surface area contributed by atoms with Crippen molar-refractivity contribution in [1.29, 1.82) is 0 Å². The molecule has 0 saturated carbocycles. The van der Waals surface area contributed by atoms with Crippen LogP contribution in [0.4, 0.5) is 5.69 Å². The van der Waals surface area contributed by atoms with E-state index in [-0.39, 0.29) is 41.9 Å². The first kappa shape index (κ1) is 13.8. The predicted molar refractivity (Wildman–Crippen MR) is 54.6 cm³/mol. The van der Waals surface area contributed by atoms with E-state index >= 15 is 0 Å². The second kappa shape index (κ2) is 5.87. The van der Waals surface area contributed by atoms with Crippen LogP contribution in [-0.4, -0.2) is 24.0 Å². The van der Waals surface area contributed by atoms with Crippen molar-refractivity contribution in [3.63, 3.8) is 0 Å². The summed E-state index contributed by atoms with van der Waals surface area (Å²) in [4.78, 5) is 16.3. The van der Waals surface area contributed by atoms with E-state index < -0.39 is 5.97 Å². The fraction of sp³-hybridized carbons (Fsp3) is 0.400. The molecular weight excluding hydrogens is 239 g/mol. The topological polar surface area (TPSA) is 56.3 Å². The summed E-state index contributed by atoms with van der Waals surface area (Å²) in [6.45, 7) is 1.49. The number of carbonyl (C=O) groups excluding carboxylic acids is 1. The number of halogens is 1. The van der Waals surface area contributed by atoms with E-state index in [0.29, 0.717) is 5.15 Å². The summed E-state index contributed by atoms with van der Waals surface area (Å²) in [5.41, 5.74) is 0.990. The minimum absolute atomic E-state index is 0. The number of nitrogens with zero attached hydrogens (tertiary/aromatic N) is 2. The zero-order valence-electron chi connectivity index (χ0n) is 9.02. The molecular formula is C10H10ClN2NaO2. The summed E-state index contributed by atoms with van der Waals surface area (Å²) >= 11 is 5.75. The summed E-state index contributed by atoms with van der Waals surface area (Å²) in [7, 11) is 0. The fourth-order valence-electron chi connectivity index (χ4n) is 1.73. The molecule has 6 heteroatoms. The second-order valence-electron chi connectivity index (χ2n) is 3.68. The molecule has 0 amide bonds. The van der Waals surface area contributed by atoms with E-state index in [1.165, 1.54) is 0 Å². The van der Waals surface area contributed by atoms with Crippen LogP contribution in [0.3, 0.4) is 0 Å². The second-order valence-corrected chi connectivity index (χ2v) is 4.07. The number of carboxylic acid groups (broad SMARTS) is 1. The van der Waals surface area contributed by atoms with Gasteiger partial charge in [0.25, 0.3) is 0 Å².